The Morgan fingerprint density at radius 2 is 2.15 bits per heavy atom. The monoisotopic (exact) mass is 361 g/mol. The Bertz CT molecular complexity index is 475. The second-order valence-corrected chi connectivity index (χ2v) is 6.24. The molecule has 1 aromatic carbocycles. The molecule has 1 aliphatic rings. The molecule has 110 valence electrons. The van der Waals surface area contributed by atoms with Gasteiger partial charge in [0.25, 0.3) is 0 Å². The standard InChI is InChI=1S/C14H17BrClNO3/c15-11-1-2-13(16)10(7-11)8-17-5-3-12(4-6-17)20-9-14(18)19/h1-2,7,12H,3-6,8-9H2,(H,18,19). The fourth-order valence-electron chi connectivity index (χ4n) is 2.33. The molecule has 1 fully saturated rings. The number of ether oxygens (including phenoxy) is 1. The van der Waals surface area contributed by atoms with Crippen LogP contribution in [0, 0.1) is 0 Å². The molecule has 1 saturated heterocycles. The van der Waals surface area contributed by atoms with Crippen LogP contribution >= 0.6 is 27.5 Å². The maximum atomic E-state index is 10.5. The summed E-state index contributed by atoms with van der Waals surface area (Å²) in [6, 6.07) is 5.86. The van der Waals surface area contributed by atoms with E-state index in [4.69, 9.17) is 21.4 Å². The van der Waals surface area contributed by atoms with Crippen molar-refractivity contribution in [1.29, 1.82) is 0 Å². The molecule has 0 unspecified atom stereocenters. The van der Waals surface area contributed by atoms with E-state index in [0.29, 0.717) is 0 Å². The van der Waals surface area contributed by atoms with Crippen LogP contribution in [0.4, 0.5) is 0 Å². The van der Waals surface area contributed by atoms with E-state index in [1.165, 1.54) is 0 Å². The van der Waals surface area contributed by atoms with Crippen LogP contribution in [0.5, 0.6) is 0 Å². The molecule has 1 aliphatic heterocycles. The first-order chi connectivity index (χ1) is 9.54. The lowest BCUT2D eigenvalue weighted by Crippen LogP contribution is -2.37. The highest BCUT2D eigenvalue weighted by Gasteiger charge is 2.21. The zero-order valence-corrected chi connectivity index (χ0v) is 13.4. The van der Waals surface area contributed by atoms with Crippen LogP contribution in [0.3, 0.4) is 0 Å². The summed E-state index contributed by atoms with van der Waals surface area (Å²) in [6.45, 7) is 2.40. The SMILES string of the molecule is O=C(O)COC1CCN(Cc2cc(Br)ccc2Cl)CC1. The summed E-state index contributed by atoms with van der Waals surface area (Å²) in [5.41, 5.74) is 1.10. The van der Waals surface area contributed by atoms with Crippen LogP contribution < -0.4 is 0 Å². The summed E-state index contributed by atoms with van der Waals surface area (Å²) in [5, 5.41) is 9.37. The molecule has 0 saturated carbocycles. The van der Waals surface area contributed by atoms with E-state index in [2.05, 4.69) is 20.8 Å². The van der Waals surface area contributed by atoms with Crippen LogP contribution in [-0.4, -0.2) is 41.8 Å². The quantitative estimate of drug-likeness (QED) is 0.874. The van der Waals surface area contributed by atoms with Crippen LogP contribution in [0.1, 0.15) is 18.4 Å². The predicted molar refractivity (Wildman–Crippen MR) is 81.0 cm³/mol. The number of likely N-dealkylation sites (tertiary alicyclic amines) is 1. The van der Waals surface area contributed by atoms with Gasteiger partial charge in [-0.1, -0.05) is 27.5 Å². The first-order valence-corrected chi connectivity index (χ1v) is 7.71. The van der Waals surface area contributed by atoms with Crippen LogP contribution in [0.15, 0.2) is 22.7 Å². The van der Waals surface area contributed by atoms with Crippen molar-refractivity contribution in [2.24, 2.45) is 0 Å². The Labute approximate surface area is 131 Å². The molecule has 20 heavy (non-hydrogen) atoms. The number of aliphatic carboxylic acids is 1. The maximum Gasteiger partial charge on any atom is 0.329 e. The molecule has 0 atom stereocenters. The third kappa shape index (κ3) is 4.74. The highest BCUT2D eigenvalue weighted by atomic mass is 79.9. The van der Waals surface area contributed by atoms with E-state index in [1.807, 2.05) is 18.2 Å². The average Bonchev–Trinajstić information content (AvgIpc) is 2.42. The van der Waals surface area contributed by atoms with Crippen molar-refractivity contribution in [3.05, 3.63) is 33.3 Å². The van der Waals surface area contributed by atoms with E-state index in [1.54, 1.807) is 0 Å². The van der Waals surface area contributed by atoms with E-state index in [9.17, 15) is 4.79 Å². The van der Waals surface area contributed by atoms with Crippen molar-refractivity contribution in [2.75, 3.05) is 19.7 Å². The van der Waals surface area contributed by atoms with Gasteiger partial charge in [0, 0.05) is 29.1 Å². The maximum absolute atomic E-state index is 10.5. The number of hydrogen-bond donors (Lipinski definition) is 1. The zero-order valence-electron chi connectivity index (χ0n) is 11.0. The fraction of sp³-hybridized carbons (Fsp3) is 0.500. The minimum atomic E-state index is -0.909. The van der Waals surface area contributed by atoms with Gasteiger partial charge in [-0.2, -0.15) is 0 Å². The summed E-state index contributed by atoms with van der Waals surface area (Å²) >= 11 is 9.64. The van der Waals surface area contributed by atoms with Crippen LogP contribution in [0.2, 0.25) is 5.02 Å². The molecule has 0 bridgehead atoms. The van der Waals surface area contributed by atoms with Crippen molar-refractivity contribution in [3.63, 3.8) is 0 Å². The number of carboxylic acid groups (broad SMARTS) is 1. The van der Waals surface area contributed by atoms with Gasteiger partial charge >= 0.3 is 5.97 Å². The predicted octanol–water partition coefficient (Wildman–Crippen LogP) is 3.17. The van der Waals surface area contributed by atoms with Crippen molar-refractivity contribution < 1.29 is 14.6 Å². The number of carboxylic acids is 1. The number of hydrogen-bond acceptors (Lipinski definition) is 3. The van der Waals surface area contributed by atoms with Gasteiger partial charge in [-0.05, 0) is 36.6 Å². The Balaban J connectivity index is 1.82. The van der Waals surface area contributed by atoms with Gasteiger partial charge in [0.15, 0.2) is 0 Å². The number of benzene rings is 1. The number of halogens is 2. The van der Waals surface area contributed by atoms with Crippen molar-refractivity contribution in [3.8, 4) is 0 Å². The normalized spacial score (nSPS) is 17.3. The summed E-state index contributed by atoms with van der Waals surface area (Å²) < 4.78 is 6.35. The van der Waals surface area contributed by atoms with Crippen molar-refractivity contribution >= 4 is 33.5 Å². The summed E-state index contributed by atoms with van der Waals surface area (Å²) in [5.74, 6) is -0.909. The van der Waals surface area contributed by atoms with Crippen LogP contribution in [0.25, 0.3) is 0 Å². The Morgan fingerprint density at radius 3 is 2.80 bits per heavy atom. The number of nitrogens with zero attached hydrogens (tertiary/aromatic N) is 1. The van der Waals surface area contributed by atoms with Gasteiger partial charge in [-0.25, -0.2) is 4.79 Å². The largest absolute Gasteiger partial charge is 0.480 e. The molecule has 0 amide bonds. The Kier molecular flexibility index (Phi) is 5.84. The molecule has 4 nitrogen and oxygen atoms in total. The lowest BCUT2D eigenvalue weighted by molar-refractivity contribution is -0.145. The molecular weight excluding hydrogens is 346 g/mol. The van der Waals surface area contributed by atoms with E-state index in [0.717, 1.165) is 47.5 Å². The first kappa shape index (κ1) is 15.8. The molecule has 0 aliphatic carbocycles. The molecule has 0 radical (unpaired) electrons. The molecule has 1 N–H and O–H groups in total. The van der Waals surface area contributed by atoms with E-state index in [-0.39, 0.29) is 12.7 Å². The Morgan fingerprint density at radius 1 is 1.45 bits per heavy atom. The number of piperidine rings is 1. The summed E-state index contributed by atoms with van der Waals surface area (Å²) in [6.07, 6.45) is 1.78. The molecule has 1 heterocycles. The van der Waals surface area contributed by atoms with Crippen molar-refractivity contribution in [2.45, 2.75) is 25.5 Å². The zero-order chi connectivity index (χ0) is 14.5. The van der Waals surface area contributed by atoms with Crippen molar-refractivity contribution in [1.82, 2.24) is 4.90 Å². The molecule has 2 rings (SSSR count). The molecule has 1 aromatic rings. The molecule has 6 heteroatoms. The van der Waals surface area contributed by atoms with Crippen LogP contribution in [-0.2, 0) is 16.1 Å². The lowest BCUT2D eigenvalue weighted by atomic mass is 10.1. The van der Waals surface area contributed by atoms with Gasteiger partial charge < -0.3 is 9.84 Å². The first-order valence-electron chi connectivity index (χ1n) is 6.54. The third-order valence-electron chi connectivity index (χ3n) is 3.38. The van der Waals surface area contributed by atoms with Gasteiger partial charge in [-0.3, -0.25) is 4.90 Å². The van der Waals surface area contributed by atoms with Gasteiger partial charge in [0.2, 0.25) is 0 Å². The third-order valence-corrected chi connectivity index (χ3v) is 4.24. The van der Waals surface area contributed by atoms with Gasteiger partial charge in [0.05, 0.1) is 6.10 Å². The fourth-order valence-corrected chi connectivity index (χ4v) is 2.91. The number of carbonyl (C=O) groups is 1. The highest BCUT2D eigenvalue weighted by Crippen LogP contribution is 2.24. The molecule has 0 spiro atoms. The van der Waals surface area contributed by atoms with E-state index < -0.39 is 5.97 Å². The Hall–Kier alpha value is -0.620. The smallest absolute Gasteiger partial charge is 0.329 e. The lowest BCUT2D eigenvalue weighted by Gasteiger charge is -2.31. The average molecular weight is 363 g/mol. The minimum absolute atomic E-state index is 0.0559. The molecule has 0 aromatic heterocycles. The van der Waals surface area contributed by atoms with E-state index >= 15 is 0 Å². The van der Waals surface area contributed by atoms with Gasteiger partial charge in [0.1, 0.15) is 6.61 Å². The second kappa shape index (κ2) is 7.41. The van der Waals surface area contributed by atoms with Gasteiger partial charge in [-0.15, -0.1) is 0 Å². The summed E-state index contributed by atoms with van der Waals surface area (Å²) in [4.78, 5) is 12.8. The summed E-state index contributed by atoms with van der Waals surface area (Å²) in [7, 11) is 0. The number of rotatable bonds is 5. The highest BCUT2D eigenvalue weighted by molar-refractivity contribution is 9.10. The topological polar surface area (TPSA) is 49.8 Å². The second-order valence-electron chi connectivity index (χ2n) is 4.92. The minimum Gasteiger partial charge on any atom is -0.480 e. The molecular formula is C14H17BrClNO3.